The Kier molecular flexibility index (Phi) is 4.56. The van der Waals surface area contributed by atoms with Gasteiger partial charge < -0.3 is 4.42 Å². The van der Waals surface area contributed by atoms with Crippen molar-refractivity contribution in [2.45, 2.75) is 6.92 Å². The number of anilines is 1. The maximum Gasteiger partial charge on any atom is 0.293 e. The van der Waals surface area contributed by atoms with Crippen LogP contribution < -0.4 is 5.32 Å². The number of nitrogens with zero attached hydrogens (tertiary/aromatic N) is 1. The van der Waals surface area contributed by atoms with E-state index in [1.807, 2.05) is 37.3 Å². The first-order valence-electron chi connectivity index (χ1n) is 7.73. The molecule has 1 amide bonds. The van der Waals surface area contributed by atoms with Crippen molar-refractivity contribution < 1.29 is 9.21 Å². The highest BCUT2D eigenvalue weighted by Gasteiger charge is 2.15. The van der Waals surface area contributed by atoms with Crippen molar-refractivity contribution in [1.29, 1.82) is 0 Å². The maximum absolute atomic E-state index is 12.5. The first kappa shape index (κ1) is 17.3. The van der Waals surface area contributed by atoms with Crippen LogP contribution in [0.15, 0.2) is 57.4 Å². The summed E-state index contributed by atoms with van der Waals surface area (Å²) >= 11 is 10.9. The molecule has 0 spiro atoms. The van der Waals surface area contributed by atoms with Gasteiger partial charge in [-0.15, -0.1) is 0 Å². The fraction of sp³-hybridized carbons (Fsp3) is 0.0526. The zero-order valence-electron chi connectivity index (χ0n) is 13.5. The zero-order valence-corrected chi connectivity index (χ0v) is 16.7. The number of hydrogen-bond donors (Lipinski definition) is 1. The Bertz CT molecular complexity index is 1080. The number of carbonyl (C=O) groups is 1. The first-order valence-corrected chi connectivity index (χ1v) is 9.72. The summed E-state index contributed by atoms with van der Waals surface area (Å²) in [5, 5.41) is 3.95. The van der Waals surface area contributed by atoms with Gasteiger partial charge in [0, 0.05) is 15.1 Å². The van der Waals surface area contributed by atoms with Crippen molar-refractivity contribution in [1.82, 2.24) is 4.98 Å². The summed E-state index contributed by atoms with van der Waals surface area (Å²) < 4.78 is 7.64. The molecule has 2 heterocycles. The SMILES string of the molecule is Cc1cc2sc(NC(=O)c3ccc(-c4ccc(Br)cc4)o3)nc2cc1Cl. The zero-order chi connectivity index (χ0) is 18.3. The molecular formula is C19H12BrClN2O2S. The summed E-state index contributed by atoms with van der Waals surface area (Å²) in [5.41, 5.74) is 2.64. The Labute approximate surface area is 166 Å². The molecular weight excluding hydrogens is 436 g/mol. The minimum atomic E-state index is -0.338. The monoisotopic (exact) mass is 446 g/mol. The Morgan fingerprint density at radius 3 is 2.73 bits per heavy atom. The summed E-state index contributed by atoms with van der Waals surface area (Å²) in [6.07, 6.45) is 0. The molecule has 4 nitrogen and oxygen atoms in total. The first-order chi connectivity index (χ1) is 12.5. The fourth-order valence-electron chi connectivity index (χ4n) is 2.49. The van der Waals surface area contributed by atoms with Gasteiger partial charge in [0.25, 0.3) is 5.91 Å². The van der Waals surface area contributed by atoms with Crippen molar-refractivity contribution in [2.24, 2.45) is 0 Å². The molecule has 0 saturated carbocycles. The number of benzene rings is 2. The molecule has 0 saturated heterocycles. The van der Waals surface area contributed by atoms with Crippen LogP contribution in [-0.2, 0) is 0 Å². The van der Waals surface area contributed by atoms with E-state index >= 15 is 0 Å². The second-order valence-corrected chi connectivity index (χ2v) is 8.07. The van der Waals surface area contributed by atoms with Gasteiger partial charge in [0.15, 0.2) is 10.9 Å². The number of fused-ring (bicyclic) bond motifs is 1. The Balaban J connectivity index is 1.56. The molecule has 130 valence electrons. The highest BCUT2D eigenvalue weighted by atomic mass is 79.9. The highest BCUT2D eigenvalue weighted by molar-refractivity contribution is 9.10. The lowest BCUT2D eigenvalue weighted by molar-refractivity contribution is 0.0997. The van der Waals surface area contributed by atoms with Gasteiger partial charge in [-0.2, -0.15) is 0 Å². The summed E-state index contributed by atoms with van der Waals surface area (Å²) in [5.74, 6) is 0.529. The third kappa shape index (κ3) is 3.40. The van der Waals surface area contributed by atoms with Crippen LogP contribution in [0.1, 0.15) is 16.1 Å². The van der Waals surface area contributed by atoms with Crippen LogP contribution in [0.3, 0.4) is 0 Å². The summed E-state index contributed by atoms with van der Waals surface area (Å²) in [6.45, 7) is 1.94. The Morgan fingerprint density at radius 2 is 1.96 bits per heavy atom. The topological polar surface area (TPSA) is 55.1 Å². The third-order valence-electron chi connectivity index (χ3n) is 3.85. The Hall–Kier alpha value is -2.15. The van der Waals surface area contributed by atoms with Crippen molar-refractivity contribution in [3.05, 3.63) is 69.3 Å². The van der Waals surface area contributed by atoms with Gasteiger partial charge in [-0.1, -0.05) is 51.0 Å². The normalized spacial score (nSPS) is 11.0. The van der Waals surface area contributed by atoms with E-state index in [0.29, 0.717) is 15.9 Å². The molecule has 2 aromatic heterocycles. The molecule has 0 atom stereocenters. The number of hydrogen-bond acceptors (Lipinski definition) is 4. The number of aryl methyl sites for hydroxylation is 1. The minimum Gasteiger partial charge on any atom is -0.451 e. The number of amides is 1. The van der Waals surface area contributed by atoms with Gasteiger partial charge in [0.05, 0.1) is 10.2 Å². The van der Waals surface area contributed by atoms with Crippen molar-refractivity contribution in [3.63, 3.8) is 0 Å². The minimum absolute atomic E-state index is 0.233. The van der Waals surface area contributed by atoms with E-state index in [1.165, 1.54) is 11.3 Å². The number of aromatic nitrogens is 1. The van der Waals surface area contributed by atoms with Crippen LogP contribution in [0.25, 0.3) is 21.5 Å². The number of thiazole rings is 1. The van der Waals surface area contributed by atoms with Crippen LogP contribution >= 0.6 is 38.9 Å². The molecule has 0 fully saturated rings. The smallest absolute Gasteiger partial charge is 0.293 e. The van der Waals surface area contributed by atoms with E-state index in [-0.39, 0.29) is 11.7 Å². The Morgan fingerprint density at radius 1 is 1.19 bits per heavy atom. The van der Waals surface area contributed by atoms with Crippen LogP contribution in [0.5, 0.6) is 0 Å². The predicted molar refractivity (Wildman–Crippen MR) is 109 cm³/mol. The van der Waals surface area contributed by atoms with Crippen LogP contribution in [0, 0.1) is 6.92 Å². The van der Waals surface area contributed by atoms with Crippen molar-refractivity contribution in [2.75, 3.05) is 5.32 Å². The third-order valence-corrected chi connectivity index (χ3v) is 5.72. The standard InChI is InChI=1S/C19H12BrClN2O2S/c1-10-8-17-14(9-13(10)21)22-19(26-17)23-18(24)16-7-6-15(25-16)11-2-4-12(20)5-3-11/h2-9H,1H3,(H,22,23,24). The highest BCUT2D eigenvalue weighted by Crippen LogP contribution is 2.31. The average molecular weight is 448 g/mol. The quantitative estimate of drug-likeness (QED) is 0.388. The van der Waals surface area contributed by atoms with Crippen LogP contribution in [0.4, 0.5) is 5.13 Å². The largest absolute Gasteiger partial charge is 0.451 e. The molecule has 1 N–H and O–H groups in total. The molecule has 0 aliphatic rings. The van der Waals surface area contributed by atoms with Crippen molar-refractivity contribution in [3.8, 4) is 11.3 Å². The number of rotatable bonds is 3. The fourth-order valence-corrected chi connectivity index (χ4v) is 3.85. The lowest BCUT2D eigenvalue weighted by Crippen LogP contribution is -2.10. The van der Waals surface area contributed by atoms with Crippen LogP contribution in [0.2, 0.25) is 5.02 Å². The number of furan rings is 1. The molecule has 26 heavy (non-hydrogen) atoms. The summed E-state index contributed by atoms with van der Waals surface area (Å²) in [4.78, 5) is 16.9. The second kappa shape index (κ2) is 6.87. The molecule has 0 unspecified atom stereocenters. The van der Waals surface area contributed by atoms with Gasteiger partial charge in [-0.25, -0.2) is 4.98 Å². The van der Waals surface area contributed by atoms with Gasteiger partial charge in [-0.3, -0.25) is 10.1 Å². The number of carbonyl (C=O) groups excluding carboxylic acids is 1. The van der Waals surface area contributed by atoms with E-state index in [9.17, 15) is 4.79 Å². The molecule has 0 aliphatic heterocycles. The molecule has 4 rings (SSSR count). The molecule has 2 aromatic carbocycles. The van der Waals surface area contributed by atoms with Gasteiger partial charge in [0.1, 0.15) is 5.76 Å². The molecule has 7 heteroatoms. The molecule has 4 aromatic rings. The lowest BCUT2D eigenvalue weighted by atomic mass is 10.2. The second-order valence-electron chi connectivity index (χ2n) is 5.71. The predicted octanol–water partition coefficient (Wildman–Crippen LogP) is 6.53. The summed E-state index contributed by atoms with van der Waals surface area (Å²) in [7, 11) is 0. The van der Waals surface area contributed by atoms with E-state index < -0.39 is 0 Å². The van der Waals surface area contributed by atoms with Crippen molar-refractivity contribution >= 4 is 60.1 Å². The molecule has 0 bridgehead atoms. The van der Waals surface area contributed by atoms with E-state index in [0.717, 1.165) is 25.8 Å². The van der Waals surface area contributed by atoms with Gasteiger partial charge in [0.2, 0.25) is 0 Å². The average Bonchev–Trinajstić information content (AvgIpc) is 3.23. The van der Waals surface area contributed by atoms with Gasteiger partial charge in [-0.05, 0) is 48.9 Å². The molecule has 0 aliphatic carbocycles. The number of halogens is 2. The van der Waals surface area contributed by atoms with Crippen LogP contribution in [-0.4, -0.2) is 10.9 Å². The maximum atomic E-state index is 12.5. The number of nitrogens with one attached hydrogen (secondary N) is 1. The van der Waals surface area contributed by atoms with E-state index in [4.69, 9.17) is 16.0 Å². The van der Waals surface area contributed by atoms with Gasteiger partial charge >= 0.3 is 0 Å². The van der Waals surface area contributed by atoms with E-state index in [2.05, 4.69) is 26.2 Å². The lowest BCUT2D eigenvalue weighted by Gasteiger charge is -1.99. The van der Waals surface area contributed by atoms with E-state index in [1.54, 1.807) is 18.2 Å². The molecule has 0 radical (unpaired) electrons. The summed E-state index contributed by atoms with van der Waals surface area (Å²) in [6, 6.07) is 14.9.